The Morgan fingerprint density at radius 1 is 1.30 bits per heavy atom. The Hall–Kier alpha value is -1.98. The zero-order chi connectivity index (χ0) is 16.7. The van der Waals surface area contributed by atoms with E-state index in [1.807, 2.05) is 31.2 Å². The van der Waals surface area contributed by atoms with Crippen LogP contribution in [0.25, 0.3) is 0 Å². The second-order valence-corrected chi connectivity index (χ2v) is 6.67. The lowest BCUT2D eigenvalue weighted by atomic mass is 9.77. The molecule has 0 bridgehead atoms. The summed E-state index contributed by atoms with van der Waals surface area (Å²) >= 11 is 0. The third-order valence-electron chi connectivity index (χ3n) is 4.84. The lowest BCUT2D eigenvalue weighted by Gasteiger charge is -2.42. The standard InChI is InChI=1S/C17H20F2N2O2/c1-12-4-2-3-5-13(12)8-14(22)21-10-16(6-7-20-15(16)23)9-17(18,19)11-21/h2-5H,6-11H2,1H3,(H,20,23). The van der Waals surface area contributed by atoms with Gasteiger partial charge in [0.2, 0.25) is 11.8 Å². The Balaban J connectivity index is 1.80. The number of carbonyl (C=O) groups is 2. The van der Waals surface area contributed by atoms with E-state index in [2.05, 4.69) is 5.32 Å². The molecule has 124 valence electrons. The Morgan fingerprint density at radius 2 is 2.04 bits per heavy atom. The van der Waals surface area contributed by atoms with Crippen LogP contribution in [0.5, 0.6) is 0 Å². The summed E-state index contributed by atoms with van der Waals surface area (Å²) in [7, 11) is 0. The van der Waals surface area contributed by atoms with E-state index >= 15 is 0 Å². The smallest absolute Gasteiger partial charge is 0.266 e. The zero-order valence-corrected chi connectivity index (χ0v) is 13.1. The normalized spacial score (nSPS) is 26.4. The van der Waals surface area contributed by atoms with Crippen molar-refractivity contribution in [2.45, 2.75) is 32.1 Å². The van der Waals surface area contributed by atoms with Crippen molar-refractivity contribution in [1.82, 2.24) is 10.2 Å². The summed E-state index contributed by atoms with van der Waals surface area (Å²) in [6.45, 7) is 1.76. The van der Waals surface area contributed by atoms with Crippen LogP contribution in [-0.4, -0.2) is 42.3 Å². The minimum absolute atomic E-state index is 0.0825. The van der Waals surface area contributed by atoms with Crippen molar-refractivity contribution in [3.05, 3.63) is 35.4 Å². The van der Waals surface area contributed by atoms with Gasteiger partial charge in [-0.1, -0.05) is 24.3 Å². The van der Waals surface area contributed by atoms with Crippen LogP contribution in [0.4, 0.5) is 8.78 Å². The van der Waals surface area contributed by atoms with Crippen molar-refractivity contribution in [1.29, 1.82) is 0 Å². The summed E-state index contributed by atoms with van der Waals surface area (Å²) in [5, 5.41) is 2.63. The molecule has 1 aromatic rings. The van der Waals surface area contributed by atoms with Gasteiger partial charge in [-0.05, 0) is 24.5 Å². The van der Waals surface area contributed by atoms with E-state index in [4.69, 9.17) is 0 Å². The summed E-state index contributed by atoms with van der Waals surface area (Å²) in [4.78, 5) is 25.7. The first-order valence-electron chi connectivity index (χ1n) is 7.80. The summed E-state index contributed by atoms with van der Waals surface area (Å²) in [6, 6.07) is 7.41. The van der Waals surface area contributed by atoms with Crippen LogP contribution in [0.3, 0.4) is 0 Å². The lowest BCUT2D eigenvalue weighted by molar-refractivity contribution is -0.159. The molecule has 2 aliphatic heterocycles. The zero-order valence-electron chi connectivity index (χ0n) is 13.1. The van der Waals surface area contributed by atoms with E-state index < -0.39 is 24.3 Å². The second-order valence-electron chi connectivity index (χ2n) is 6.67. The average Bonchev–Trinajstić information content (AvgIpc) is 2.79. The van der Waals surface area contributed by atoms with Crippen LogP contribution >= 0.6 is 0 Å². The Labute approximate surface area is 133 Å². The maximum absolute atomic E-state index is 14.1. The van der Waals surface area contributed by atoms with Gasteiger partial charge in [-0.3, -0.25) is 9.59 Å². The number of alkyl halides is 2. The molecule has 1 atom stereocenters. The maximum Gasteiger partial charge on any atom is 0.266 e. The van der Waals surface area contributed by atoms with Gasteiger partial charge in [-0.2, -0.15) is 0 Å². The third-order valence-corrected chi connectivity index (χ3v) is 4.84. The molecule has 2 saturated heterocycles. The first-order chi connectivity index (χ1) is 10.8. The molecule has 1 unspecified atom stereocenters. The fourth-order valence-corrected chi connectivity index (χ4v) is 3.60. The fraction of sp³-hybridized carbons (Fsp3) is 0.529. The number of halogens is 2. The van der Waals surface area contributed by atoms with Crippen LogP contribution in [0, 0.1) is 12.3 Å². The molecule has 0 saturated carbocycles. The molecule has 4 nitrogen and oxygen atoms in total. The van der Waals surface area contributed by atoms with Gasteiger partial charge in [0.05, 0.1) is 18.4 Å². The molecule has 0 radical (unpaired) electrons. The molecule has 6 heteroatoms. The number of hydrogen-bond acceptors (Lipinski definition) is 2. The highest BCUT2D eigenvalue weighted by molar-refractivity contribution is 5.87. The van der Waals surface area contributed by atoms with Crippen LogP contribution in [0.1, 0.15) is 24.0 Å². The molecular weight excluding hydrogens is 302 g/mol. The van der Waals surface area contributed by atoms with E-state index in [1.54, 1.807) is 0 Å². The van der Waals surface area contributed by atoms with E-state index in [0.717, 1.165) is 11.1 Å². The maximum atomic E-state index is 14.1. The van der Waals surface area contributed by atoms with Gasteiger partial charge in [0.1, 0.15) is 0 Å². The van der Waals surface area contributed by atoms with E-state index in [1.165, 1.54) is 4.90 Å². The SMILES string of the molecule is Cc1ccccc1CC(=O)N1CC(F)(F)CC2(CCNC2=O)C1. The summed E-state index contributed by atoms with van der Waals surface area (Å²) < 4.78 is 28.3. The number of likely N-dealkylation sites (tertiary alicyclic amines) is 1. The number of rotatable bonds is 2. The number of piperidine rings is 1. The summed E-state index contributed by atoms with van der Waals surface area (Å²) in [5.41, 5.74) is 0.651. The van der Waals surface area contributed by atoms with Crippen molar-refractivity contribution in [2.75, 3.05) is 19.6 Å². The highest BCUT2D eigenvalue weighted by Crippen LogP contribution is 2.43. The molecule has 1 N–H and O–H groups in total. The van der Waals surface area contributed by atoms with Gasteiger partial charge in [-0.25, -0.2) is 8.78 Å². The monoisotopic (exact) mass is 322 g/mol. The molecule has 1 aromatic carbocycles. The molecule has 0 aromatic heterocycles. The van der Waals surface area contributed by atoms with Crippen molar-refractivity contribution < 1.29 is 18.4 Å². The van der Waals surface area contributed by atoms with Crippen molar-refractivity contribution in [3.63, 3.8) is 0 Å². The molecule has 2 heterocycles. The number of aryl methyl sites for hydroxylation is 1. The number of nitrogens with one attached hydrogen (secondary N) is 1. The van der Waals surface area contributed by atoms with E-state index in [0.29, 0.717) is 13.0 Å². The number of nitrogens with zero attached hydrogens (tertiary/aromatic N) is 1. The molecule has 2 amide bonds. The Kier molecular flexibility index (Phi) is 3.86. The molecule has 1 spiro atoms. The predicted octanol–water partition coefficient (Wildman–Crippen LogP) is 1.91. The number of benzene rings is 1. The molecule has 0 aliphatic carbocycles. The predicted molar refractivity (Wildman–Crippen MR) is 81.1 cm³/mol. The van der Waals surface area contributed by atoms with Gasteiger partial charge in [-0.15, -0.1) is 0 Å². The molecular formula is C17H20F2N2O2. The average molecular weight is 322 g/mol. The van der Waals surface area contributed by atoms with Gasteiger partial charge in [0.15, 0.2) is 0 Å². The quantitative estimate of drug-likeness (QED) is 0.904. The highest BCUT2D eigenvalue weighted by atomic mass is 19.3. The van der Waals surface area contributed by atoms with Gasteiger partial charge < -0.3 is 10.2 Å². The second kappa shape index (κ2) is 5.58. The highest BCUT2D eigenvalue weighted by Gasteiger charge is 2.55. The molecule has 3 rings (SSSR count). The van der Waals surface area contributed by atoms with Crippen LogP contribution in [-0.2, 0) is 16.0 Å². The third kappa shape index (κ3) is 3.07. The number of carbonyl (C=O) groups excluding carboxylic acids is 2. The Morgan fingerprint density at radius 3 is 2.70 bits per heavy atom. The molecule has 2 fully saturated rings. The van der Waals surface area contributed by atoms with Crippen LogP contribution in [0.2, 0.25) is 0 Å². The minimum atomic E-state index is -3.03. The van der Waals surface area contributed by atoms with Gasteiger partial charge >= 0.3 is 0 Å². The van der Waals surface area contributed by atoms with Crippen LogP contribution < -0.4 is 5.32 Å². The fourth-order valence-electron chi connectivity index (χ4n) is 3.60. The van der Waals surface area contributed by atoms with Crippen molar-refractivity contribution >= 4 is 11.8 Å². The van der Waals surface area contributed by atoms with Gasteiger partial charge in [0, 0.05) is 19.5 Å². The van der Waals surface area contributed by atoms with Crippen molar-refractivity contribution in [3.8, 4) is 0 Å². The number of amides is 2. The lowest BCUT2D eigenvalue weighted by Crippen LogP contribution is -2.57. The topological polar surface area (TPSA) is 49.4 Å². The first kappa shape index (κ1) is 15.9. The minimum Gasteiger partial charge on any atom is -0.356 e. The largest absolute Gasteiger partial charge is 0.356 e. The van der Waals surface area contributed by atoms with E-state index in [-0.39, 0.29) is 24.8 Å². The van der Waals surface area contributed by atoms with Crippen molar-refractivity contribution in [2.24, 2.45) is 5.41 Å². The van der Waals surface area contributed by atoms with Gasteiger partial charge in [0.25, 0.3) is 5.92 Å². The molecule has 2 aliphatic rings. The van der Waals surface area contributed by atoms with E-state index in [9.17, 15) is 18.4 Å². The van der Waals surface area contributed by atoms with Crippen LogP contribution in [0.15, 0.2) is 24.3 Å². The Bertz CT molecular complexity index is 647. The summed E-state index contributed by atoms with van der Waals surface area (Å²) in [6.07, 6.45) is -0.0317. The number of hydrogen-bond donors (Lipinski definition) is 1. The molecule has 23 heavy (non-hydrogen) atoms. The first-order valence-corrected chi connectivity index (χ1v) is 7.80. The summed E-state index contributed by atoms with van der Waals surface area (Å²) in [5.74, 6) is -3.73.